The molecule has 0 atom stereocenters. The number of hydrogen-bond donors (Lipinski definition) is 0. The normalized spacial score (nSPS) is 11.1. The lowest BCUT2D eigenvalue weighted by Crippen LogP contribution is -1.93. The van der Waals surface area contributed by atoms with Crippen molar-refractivity contribution in [3.8, 4) is 11.1 Å². The first-order chi connectivity index (χ1) is 12.8. The summed E-state index contributed by atoms with van der Waals surface area (Å²) in [5, 5.41) is 2.38. The second-order valence-corrected chi connectivity index (χ2v) is 6.25. The van der Waals surface area contributed by atoms with Gasteiger partial charge < -0.3 is 0 Å². The average Bonchev–Trinajstić information content (AvgIpc) is 2.72. The molecular formula is C25H18O. The number of fused-ring (bicyclic) bond motifs is 1. The van der Waals surface area contributed by atoms with Crippen LogP contribution in [0.4, 0.5) is 0 Å². The topological polar surface area (TPSA) is 17.1 Å². The molecule has 0 bridgehead atoms. The van der Waals surface area contributed by atoms with Crippen LogP contribution in [0.25, 0.3) is 28.0 Å². The van der Waals surface area contributed by atoms with Gasteiger partial charge in [-0.25, -0.2) is 0 Å². The monoisotopic (exact) mass is 334 g/mol. The Morgan fingerprint density at radius 1 is 0.615 bits per heavy atom. The summed E-state index contributed by atoms with van der Waals surface area (Å²) >= 11 is 0. The molecule has 0 saturated carbocycles. The number of allylic oxidation sites excluding steroid dienone is 1. The van der Waals surface area contributed by atoms with E-state index in [2.05, 4.69) is 36.4 Å². The lowest BCUT2D eigenvalue weighted by Gasteiger charge is -2.02. The number of rotatable bonds is 4. The Bertz CT molecular complexity index is 1070. The fourth-order valence-electron chi connectivity index (χ4n) is 3.04. The van der Waals surface area contributed by atoms with Crippen LogP contribution in [0.2, 0.25) is 0 Å². The molecule has 0 saturated heterocycles. The Morgan fingerprint density at radius 3 is 2.04 bits per heavy atom. The molecule has 4 rings (SSSR count). The maximum atomic E-state index is 12.4. The van der Waals surface area contributed by atoms with E-state index in [1.807, 2.05) is 66.7 Å². The Balaban J connectivity index is 1.52. The van der Waals surface area contributed by atoms with Crippen LogP contribution in [0, 0.1) is 0 Å². The van der Waals surface area contributed by atoms with Gasteiger partial charge >= 0.3 is 0 Å². The highest BCUT2D eigenvalue weighted by atomic mass is 16.1. The van der Waals surface area contributed by atoms with E-state index in [1.54, 1.807) is 6.08 Å². The van der Waals surface area contributed by atoms with Crippen molar-refractivity contribution in [2.45, 2.75) is 0 Å². The Morgan fingerprint density at radius 2 is 1.27 bits per heavy atom. The van der Waals surface area contributed by atoms with Gasteiger partial charge in [0, 0.05) is 5.56 Å². The van der Waals surface area contributed by atoms with Gasteiger partial charge in [-0.2, -0.15) is 0 Å². The van der Waals surface area contributed by atoms with Crippen molar-refractivity contribution in [2.75, 3.05) is 0 Å². The molecule has 0 spiro atoms. The predicted molar refractivity (Wildman–Crippen MR) is 109 cm³/mol. The molecule has 4 aromatic rings. The van der Waals surface area contributed by atoms with Crippen molar-refractivity contribution in [3.63, 3.8) is 0 Å². The summed E-state index contributed by atoms with van der Waals surface area (Å²) in [5.41, 5.74) is 3.98. The lowest BCUT2D eigenvalue weighted by atomic mass is 10.0. The van der Waals surface area contributed by atoms with Crippen LogP contribution in [0.5, 0.6) is 0 Å². The first kappa shape index (κ1) is 16.0. The summed E-state index contributed by atoms with van der Waals surface area (Å²) in [6.07, 6.45) is 3.52. The molecule has 26 heavy (non-hydrogen) atoms. The largest absolute Gasteiger partial charge is 0.289 e. The summed E-state index contributed by atoms with van der Waals surface area (Å²) in [7, 11) is 0. The first-order valence-corrected chi connectivity index (χ1v) is 8.66. The fourth-order valence-corrected chi connectivity index (χ4v) is 3.04. The van der Waals surface area contributed by atoms with Gasteiger partial charge in [0.15, 0.2) is 5.78 Å². The summed E-state index contributed by atoms with van der Waals surface area (Å²) in [4.78, 5) is 12.4. The molecule has 0 aliphatic carbocycles. The van der Waals surface area contributed by atoms with E-state index in [9.17, 15) is 4.79 Å². The van der Waals surface area contributed by atoms with E-state index < -0.39 is 0 Å². The predicted octanol–water partition coefficient (Wildman–Crippen LogP) is 6.40. The van der Waals surface area contributed by atoms with Gasteiger partial charge in [-0.15, -0.1) is 0 Å². The molecule has 0 amide bonds. The molecule has 0 aliphatic heterocycles. The van der Waals surface area contributed by atoms with Gasteiger partial charge in [-0.1, -0.05) is 97.1 Å². The van der Waals surface area contributed by atoms with E-state index in [-0.39, 0.29) is 5.78 Å². The molecule has 0 unspecified atom stereocenters. The third kappa shape index (κ3) is 3.47. The zero-order valence-corrected chi connectivity index (χ0v) is 14.3. The van der Waals surface area contributed by atoms with Crippen LogP contribution in [0.1, 0.15) is 15.9 Å². The smallest absolute Gasteiger partial charge is 0.185 e. The summed E-state index contributed by atoms with van der Waals surface area (Å²) in [5.74, 6) is 0.0118. The van der Waals surface area contributed by atoms with Gasteiger partial charge in [0.1, 0.15) is 0 Å². The Labute approximate surface area is 153 Å². The molecule has 124 valence electrons. The van der Waals surface area contributed by atoms with Crippen LogP contribution in [0.15, 0.2) is 103 Å². The minimum atomic E-state index is 0.0118. The van der Waals surface area contributed by atoms with Gasteiger partial charge in [-0.3, -0.25) is 4.79 Å². The van der Waals surface area contributed by atoms with E-state index >= 15 is 0 Å². The minimum absolute atomic E-state index is 0.0118. The number of carbonyl (C=O) groups excluding carboxylic acids is 1. The molecule has 1 nitrogen and oxygen atoms in total. The highest BCUT2D eigenvalue weighted by molar-refractivity contribution is 6.07. The van der Waals surface area contributed by atoms with Crippen molar-refractivity contribution in [3.05, 3.63) is 114 Å². The summed E-state index contributed by atoms with van der Waals surface area (Å²) in [6.45, 7) is 0. The molecule has 1 heteroatoms. The summed E-state index contributed by atoms with van der Waals surface area (Å²) in [6, 6.07) is 32.3. The van der Waals surface area contributed by atoms with Crippen molar-refractivity contribution >= 4 is 22.6 Å². The minimum Gasteiger partial charge on any atom is -0.289 e. The standard InChI is InChI=1S/C25H18O/c26-25(17-11-19-10-12-21-8-4-5-9-24(21)18-19)23-15-13-22(14-16-23)20-6-2-1-3-7-20/h1-18H/b17-11+. The van der Waals surface area contributed by atoms with E-state index in [1.165, 1.54) is 10.8 Å². The number of carbonyl (C=O) groups is 1. The quantitative estimate of drug-likeness (QED) is 0.311. The molecular weight excluding hydrogens is 316 g/mol. The van der Waals surface area contributed by atoms with E-state index in [0.29, 0.717) is 5.56 Å². The molecule has 0 aliphatic rings. The molecule has 0 radical (unpaired) electrons. The third-order valence-electron chi connectivity index (χ3n) is 4.48. The van der Waals surface area contributed by atoms with Gasteiger partial charge in [-0.05, 0) is 39.6 Å². The van der Waals surface area contributed by atoms with Crippen molar-refractivity contribution < 1.29 is 4.79 Å². The van der Waals surface area contributed by atoms with Crippen molar-refractivity contribution in [1.82, 2.24) is 0 Å². The molecule has 0 heterocycles. The number of hydrogen-bond acceptors (Lipinski definition) is 1. The highest BCUT2D eigenvalue weighted by Crippen LogP contribution is 2.20. The molecule has 0 fully saturated rings. The first-order valence-electron chi connectivity index (χ1n) is 8.66. The zero-order chi connectivity index (χ0) is 17.8. The van der Waals surface area contributed by atoms with Crippen molar-refractivity contribution in [1.29, 1.82) is 0 Å². The van der Waals surface area contributed by atoms with Crippen LogP contribution >= 0.6 is 0 Å². The SMILES string of the molecule is O=C(/C=C/c1ccc2ccccc2c1)c1ccc(-c2ccccc2)cc1. The third-order valence-corrected chi connectivity index (χ3v) is 4.48. The van der Waals surface area contributed by atoms with Crippen LogP contribution in [0.3, 0.4) is 0 Å². The second-order valence-electron chi connectivity index (χ2n) is 6.25. The maximum Gasteiger partial charge on any atom is 0.185 e. The zero-order valence-electron chi connectivity index (χ0n) is 14.3. The Hall–Kier alpha value is -3.45. The Kier molecular flexibility index (Phi) is 4.44. The lowest BCUT2D eigenvalue weighted by molar-refractivity contribution is 0.104. The molecule has 4 aromatic carbocycles. The fraction of sp³-hybridized carbons (Fsp3) is 0. The van der Waals surface area contributed by atoms with Crippen molar-refractivity contribution in [2.24, 2.45) is 0 Å². The second kappa shape index (κ2) is 7.20. The van der Waals surface area contributed by atoms with E-state index in [4.69, 9.17) is 0 Å². The van der Waals surface area contributed by atoms with Gasteiger partial charge in [0.05, 0.1) is 0 Å². The van der Waals surface area contributed by atoms with Crippen LogP contribution in [-0.4, -0.2) is 5.78 Å². The molecule has 0 N–H and O–H groups in total. The number of benzene rings is 4. The number of ketones is 1. The van der Waals surface area contributed by atoms with Crippen LogP contribution in [-0.2, 0) is 0 Å². The van der Waals surface area contributed by atoms with E-state index in [0.717, 1.165) is 16.7 Å². The summed E-state index contributed by atoms with van der Waals surface area (Å²) < 4.78 is 0. The van der Waals surface area contributed by atoms with Gasteiger partial charge in [0.25, 0.3) is 0 Å². The average molecular weight is 334 g/mol. The maximum absolute atomic E-state index is 12.4. The highest BCUT2D eigenvalue weighted by Gasteiger charge is 2.03. The van der Waals surface area contributed by atoms with Crippen LogP contribution < -0.4 is 0 Å². The van der Waals surface area contributed by atoms with Gasteiger partial charge in [0.2, 0.25) is 0 Å². The molecule has 0 aromatic heterocycles.